The maximum atomic E-state index is 14.0. The van der Waals surface area contributed by atoms with Gasteiger partial charge in [0.2, 0.25) is 0 Å². The normalized spacial score (nSPS) is 13.3. The van der Waals surface area contributed by atoms with Gasteiger partial charge in [0.1, 0.15) is 28.7 Å². The largest absolute Gasteiger partial charge is 0.414 e. The van der Waals surface area contributed by atoms with Gasteiger partial charge in [0.05, 0.1) is 12.8 Å². The van der Waals surface area contributed by atoms with Crippen LogP contribution in [-0.2, 0) is 4.79 Å². The Morgan fingerprint density at radius 2 is 1.93 bits per heavy atom. The number of pyridine rings is 1. The van der Waals surface area contributed by atoms with Gasteiger partial charge < -0.3 is 14.5 Å². The molecule has 2 heterocycles. The van der Waals surface area contributed by atoms with E-state index < -0.39 is 23.6 Å². The van der Waals surface area contributed by atoms with Crippen molar-refractivity contribution in [3.05, 3.63) is 65.8 Å². The Labute approximate surface area is 170 Å². The third kappa shape index (κ3) is 4.72. The molecular weight excluding hydrogens is 396 g/mol. The van der Waals surface area contributed by atoms with E-state index >= 15 is 0 Å². The van der Waals surface area contributed by atoms with Crippen LogP contribution in [-0.4, -0.2) is 55.0 Å². The summed E-state index contributed by atoms with van der Waals surface area (Å²) in [6.45, 7) is 0.0865. The van der Waals surface area contributed by atoms with E-state index in [0.717, 1.165) is 18.3 Å². The molecule has 1 aromatic carbocycles. The van der Waals surface area contributed by atoms with E-state index in [2.05, 4.69) is 15.0 Å². The summed E-state index contributed by atoms with van der Waals surface area (Å²) in [6.07, 6.45) is 4.51. The van der Waals surface area contributed by atoms with Crippen molar-refractivity contribution in [2.45, 2.75) is 0 Å². The third-order valence-corrected chi connectivity index (χ3v) is 3.90. The molecule has 8 nitrogen and oxygen atoms in total. The lowest BCUT2D eigenvalue weighted by Crippen LogP contribution is -2.26. The zero-order chi connectivity index (χ0) is 21.7. The van der Waals surface area contributed by atoms with Crippen LogP contribution in [0.15, 0.2) is 58.4 Å². The molecular formula is C20H17F2N5O3. The number of hydrogen-bond donors (Lipinski definition) is 0. The second-order valence-corrected chi connectivity index (χ2v) is 6.26. The van der Waals surface area contributed by atoms with Crippen molar-refractivity contribution in [2.75, 3.05) is 25.5 Å². The number of anilines is 1. The molecule has 0 radical (unpaired) electrons. The molecule has 1 aliphatic heterocycles. The fourth-order valence-electron chi connectivity index (χ4n) is 2.45. The second kappa shape index (κ2) is 9.03. The minimum Gasteiger partial charge on any atom is -0.408 e. The van der Waals surface area contributed by atoms with E-state index in [9.17, 15) is 18.4 Å². The third-order valence-electron chi connectivity index (χ3n) is 3.90. The number of carbonyl (C=O) groups excluding carboxylic acids is 2. The topological polar surface area (TPSA) is 87.5 Å². The quantitative estimate of drug-likeness (QED) is 0.720. The first-order valence-electron chi connectivity index (χ1n) is 8.74. The number of halogens is 2. The Balaban J connectivity index is 1.81. The van der Waals surface area contributed by atoms with Gasteiger partial charge in [-0.15, -0.1) is 0 Å². The average molecular weight is 413 g/mol. The first-order valence-corrected chi connectivity index (χ1v) is 8.74. The van der Waals surface area contributed by atoms with Crippen LogP contribution < -0.4 is 9.64 Å². The summed E-state index contributed by atoms with van der Waals surface area (Å²) < 4.78 is 33.2. The predicted molar refractivity (Wildman–Crippen MR) is 107 cm³/mol. The number of nitrogens with zero attached hydrogens (tertiary/aromatic N) is 5. The molecule has 0 saturated carbocycles. The number of aromatic nitrogens is 1. The molecule has 154 valence electrons. The molecule has 3 rings (SSSR count). The number of aliphatic imine (C=N–C) groups is 2. The summed E-state index contributed by atoms with van der Waals surface area (Å²) in [4.78, 5) is 38.4. The monoisotopic (exact) mass is 413 g/mol. The Morgan fingerprint density at radius 3 is 2.63 bits per heavy atom. The lowest BCUT2D eigenvalue weighted by Gasteiger charge is -2.22. The predicted octanol–water partition coefficient (Wildman–Crippen LogP) is 2.80. The molecule has 0 atom stereocenters. The van der Waals surface area contributed by atoms with Crippen LogP contribution in [0.2, 0.25) is 0 Å². The van der Waals surface area contributed by atoms with Crippen LogP contribution >= 0.6 is 0 Å². The van der Waals surface area contributed by atoms with Gasteiger partial charge in [-0.1, -0.05) is 6.07 Å². The van der Waals surface area contributed by atoms with Gasteiger partial charge >= 0.3 is 6.09 Å². The van der Waals surface area contributed by atoms with Crippen LogP contribution in [0.3, 0.4) is 0 Å². The number of ether oxygens (including phenoxy) is 1. The maximum Gasteiger partial charge on any atom is 0.414 e. The van der Waals surface area contributed by atoms with Gasteiger partial charge in [0, 0.05) is 32.7 Å². The van der Waals surface area contributed by atoms with Gasteiger partial charge in [0.25, 0.3) is 5.91 Å². The highest BCUT2D eigenvalue weighted by Crippen LogP contribution is 2.25. The van der Waals surface area contributed by atoms with E-state index in [4.69, 9.17) is 4.74 Å². The molecule has 2 amide bonds. The number of rotatable bonds is 4. The summed E-state index contributed by atoms with van der Waals surface area (Å²) in [5.74, 6) is -2.18. The molecule has 0 aliphatic carbocycles. The van der Waals surface area contributed by atoms with Gasteiger partial charge in [-0.2, -0.15) is 0 Å². The first-order chi connectivity index (χ1) is 14.4. The molecule has 1 aliphatic rings. The standard InChI is InChI=1S/C20H17F2N5O3/c1-26(2)20(29)30-17-7-4-8-23-15(17)11-25-19(28)16-12-27(10-9-24-16)18-13(21)5-3-6-14(18)22/h3-9,11-12H,10H2,1-2H3. The number of amides is 2. The molecule has 0 spiro atoms. The molecule has 10 heteroatoms. The molecule has 0 N–H and O–H groups in total. The van der Waals surface area contributed by atoms with Crippen LogP contribution in [0.1, 0.15) is 5.69 Å². The fraction of sp³-hybridized carbons (Fsp3) is 0.150. The lowest BCUT2D eigenvalue weighted by atomic mass is 10.2. The lowest BCUT2D eigenvalue weighted by molar-refractivity contribution is -0.114. The summed E-state index contributed by atoms with van der Waals surface area (Å²) in [7, 11) is 3.04. The summed E-state index contributed by atoms with van der Waals surface area (Å²) in [5, 5.41) is 0. The average Bonchev–Trinajstić information content (AvgIpc) is 2.73. The molecule has 0 bridgehead atoms. The van der Waals surface area contributed by atoms with Gasteiger partial charge in [-0.05, 0) is 24.3 Å². The molecule has 2 aromatic rings. The van der Waals surface area contributed by atoms with E-state index in [0.29, 0.717) is 0 Å². The maximum absolute atomic E-state index is 14.0. The summed E-state index contributed by atoms with van der Waals surface area (Å²) in [5.41, 5.74) is -0.262. The number of para-hydroxylation sites is 1. The molecule has 0 unspecified atom stereocenters. The van der Waals surface area contributed by atoms with Crippen molar-refractivity contribution >= 4 is 30.1 Å². The highest BCUT2D eigenvalue weighted by atomic mass is 19.1. The highest BCUT2D eigenvalue weighted by Gasteiger charge is 2.20. The molecule has 0 fully saturated rings. The minimum absolute atomic E-state index is 0.0865. The Bertz CT molecular complexity index is 1050. The zero-order valence-electron chi connectivity index (χ0n) is 16.1. The number of benzene rings is 1. The Kier molecular flexibility index (Phi) is 6.26. The van der Waals surface area contributed by atoms with Crippen molar-refractivity contribution in [2.24, 2.45) is 9.98 Å². The van der Waals surface area contributed by atoms with E-state index in [1.807, 2.05) is 0 Å². The van der Waals surface area contributed by atoms with Crippen molar-refractivity contribution in [1.82, 2.24) is 9.88 Å². The number of carbonyl (C=O) groups is 2. The zero-order valence-corrected chi connectivity index (χ0v) is 16.1. The first kappa shape index (κ1) is 20.8. The van der Waals surface area contributed by atoms with Crippen molar-refractivity contribution in [3.8, 4) is 5.75 Å². The molecule has 0 saturated heterocycles. The summed E-state index contributed by atoms with van der Waals surface area (Å²) in [6, 6.07) is 6.55. The molecule has 30 heavy (non-hydrogen) atoms. The highest BCUT2D eigenvalue weighted by molar-refractivity contribution is 6.03. The minimum atomic E-state index is -0.766. The van der Waals surface area contributed by atoms with E-state index in [1.165, 1.54) is 54.6 Å². The fourth-order valence-corrected chi connectivity index (χ4v) is 2.45. The smallest absolute Gasteiger partial charge is 0.408 e. The van der Waals surface area contributed by atoms with E-state index in [-0.39, 0.29) is 29.4 Å². The van der Waals surface area contributed by atoms with Crippen LogP contribution in [0.4, 0.5) is 19.3 Å². The SMILES string of the molecule is CN(C)C(=O)Oc1cccnc1C=NC(=O)C1=CN(c2c(F)cccc2F)CC=N1. The van der Waals surface area contributed by atoms with Crippen LogP contribution in [0.5, 0.6) is 5.75 Å². The Morgan fingerprint density at radius 1 is 1.20 bits per heavy atom. The van der Waals surface area contributed by atoms with Gasteiger partial charge in [-0.3, -0.25) is 14.8 Å². The second-order valence-electron chi connectivity index (χ2n) is 6.26. The van der Waals surface area contributed by atoms with E-state index in [1.54, 1.807) is 6.07 Å². The van der Waals surface area contributed by atoms with Crippen molar-refractivity contribution < 1.29 is 23.1 Å². The number of hydrogen-bond acceptors (Lipinski definition) is 6. The van der Waals surface area contributed by atoms with Crippen LogP contribution in [0, 0.1) is 11.6 Å². The van der Waals surface area contributed by atoms with Crippen molar-refractivity contribution in [3.63, 3.8) is 0 Å². The summed E-state index contributed by atoms with van der Waals surface area (Å²) >= 11 is 0. The van der Waals surface area contributed by atoms with Crippen LogP contribution in [0.25, 0.3) is 0 Å². The molecule has 1 aromatic heterocycles. The van der Waals surface area contributed by atoms with Crippen molar-refractivity contribution in [1.29, 1.82) is 0 Å². The van der Waals surface area contributed by atoms with Gasteiger partial charge in [-0.25, -0.2) is 18.6 Å². The van der Waals surface area contributed by atoms with Gasteiger partial charge in [0.15, 0.2) is 5.75 Å². The Hall–Kier alpha value is -3.95.